The molecular formula is C21H25N3O6. The van der Waals surface area contributed by atoms with Gasteiger partial charge in [-0.3, -0.25) is 29.4 Å². The summed E-state index contributed by atoms with van der Waals surface area (Å²) in [6.07, 6.45) is 1.66. The number of imide groups is 2. The van der Waals surface area contributed by atoms with Crippen molar-refractivity contribution < 1.29 is 28.7 Å². The first-order valence-electron chi connectivity index (χ1n) is 10.1. The number of benzene rings is 1. The van der Waals surface area contributed by atoms with Crippen molar-refractivity contribution in [3.8, 4) is 0 Å². The molecule has 1 saturated heterocycles. The Kier molecular flexibility index (Phi) is 6.81. The molecule has 2 fully saturated rings. The number of likely N-dealkylation sites (tertiary alicyclic amines) is 1. The maximum atomic E-state index is 12.6. The van der Waals surface area contributed by atoms with Crippen LogP contribution in [0.3, 0.4) is 0 Å². The van der Waals surface area contributed by atoms with Crippen molar-refractivity contribution in [2.24, 2.45) is 11.8 Å². The lowest BCUT2D eigenvalue weighted by molar-refractivity contribution is -0.160. The van der Waals surface area contributed by atoms with Gasteiger partial charge in [0.15, 0.2) is 0 Å². The van der Waals surface area contributed by atoms with Crippen molar-refractivity contribution >= 4 is 29.7 Å². The Morgan fingerprint density at radius 1 is 1.07 bits per heavy atom. The number of urea groups is 1. The summed E-state index contributed by atoms with van der Waals surface area (Å²) in [6, 6.07) is 7.49. The van der Waals surface area contributed by atoms with Crippen LogP contribution in [0.15, 0.2) is 30.3 Å². The lowest BCUT2D eigenvalue weighted by Crippen LogP contribution is -2.43. The zero-order chi connectivity index (χ0) is 21.7. The van der Waals surface area contributed by atoms with E-state index >= 15 is 0 Å². The van der Waals surface area contributed by atoms with E-state index in [2.05, 4.69) is 10.6 Å². The third-order valence-electron chi connectivity index (χ3n) is 5.38. The Morgan fingerprint density at radius 2 is 1.67 bits per heavy atom. The maximum absolute atomic E-state index is 12.6. The van der Waals surface area contributed by atoms with Gasteiger partial charge in [-0.05, 0) is 19.8 Å². The second-order valence-electron chi connectivity index (χ2n) is 7.39. The first-order chi connectivity index (χ1) is 14.4. The highest BCUT2D eigenvalue weighted by atomic mass is 16.5. The van der Waals surface area contributed by atoms with Gasteiger partial charge in [0.2, 0.25) is 17.9 Å². The Hall–Kier alpha value is -3.23. The molecule has 1 saturated carbocycles. The summed E-state index contributed by atoms with van der Waals surface area (Å²) in [5.41, 5.74) is 0.361. The molecule has 3 atom stereocenters. The molecule has 1 aliphatic carbocycles. The van der Waals surface area contributed by atoms with Gasteiger partial charge in [0, 0.05) is 12.1 Å². The zero-order valence-electron chi connectivity index (χ0n) is 16.8. The van der Waals surface area contributed by atoms with Crippen LogP contribution < -0.4 is 10.6 Å². The average molecular weight is 415 g/mol. The highest BCUT2D eigenvalue weighted by Crippen LogP contribution is 2.38. The van der Waals surface area contributed by atoms with E-state index in [1.165, 1.54) is 0 Å². The molecule has 0 radical (unpaired) electrons. The largest absolute Gasteiger partial charge is 0.446 e. The van der Waals surface area contributed by atoms with E-state index in [1.807, 2.05) is 0 Å². The molecule has 5 amide bonds. The Balaban J connectivity index is 1.70. The van der Waals surface area contributed by atoms with E-state index in [0.29, 0.717) is 24.9 Å². The van der Waals surface area contributed by atoms with Gasteiger partial charge in [0.05, 0.1) is 11.8 Å². The van der Waals surface area contributed by atoms with E-state index < -0.39 is 30.6 Å². The number of ether oxygens (including phenoxy) is 1. The van der Waals surface area contributed by atoms with Crippen molar-refractivity contribution in [1.82, 2.24) is 15.5 Å². The van der Waals surface area contributed by atoms with Crippen LogP contribution in [0.25, 0.3) is 0 Å². The number of rotatable bonds is 6. The van der Waals surface area contributed by atoms with Gasteiger partial charge < -0.3 is 10.1 Å². The van der Waals surface area contributed by atoms with Crippen molar-refractivity contribution in [2.45, 2.75) is 38.7 Å². The monoisotopic (exact) mass is 415 g/mol. The van der Waals surface area contributed by atoms with Crippen molar-refractivity contribution in [3.05, 3.63) is 35.9 Å². The summed E-state index contributed by atoms with van der Waals surface area (Å²) in [4.78, 5) is 62.8. The number of amides is 5. The molecule has 9 heteroatoms. The van der Waals surface area contributed by atoms with Crippen LogP contribution in [-0.4, -0.2) is 47.7 Å². The molecule has 3 unspecified atom stereocenters. The number of hydrogen-bond acceptors (Lipinski definition) is 6. The molecule has 1 heterocycles. The first kappa shape index (κ1) is 21.5. The van der Waals surface area contributed by atoms with Crippen LogP contribution >= 0.6 is 0 Å². The van der Waals surface area contributed by atoms with Gasteiger partial charge in [-0.1, -0.05) is 43.2 Å². The number of esters is 1. The lowest BCUT2D eigenvalue weighted by atomic mass is 9.81. The minimum absolute atomic E-state index is 0.316. The minimum Gasteiger partial charge on any atom is -0.446 e. The van der Waals surface area contributed by atoms with Gasteiger partial charge in [0.25, 0.3) is 5.91 Å². The van der Waals surface area contributed by atoms with Crippen molar-refractivity contribution in [1.29, 1.82) is 0 Å². The summed E-state index contributed by atoms with van der Waals surface area (Å²) in [7, 11) is 0. The summed E-state index contributed by atoms with van der Waals surface area (Å²) in [6.45, 7) is 1.46. The molecule has 160 valence electrons. The fourth-order valence-electron chi connectivity index (χ4n) is 3.97. The number of nitrogens with one attached hydrogen (secondary N) is 2. The van der Waals surface area contributed by atoms with Crippen LogP contribution in [0.1, 0.15) is 44.3 Å². The molecule has 0 aromatic heterocycles. The molecule has 0 bridgehead atoms. The van der Waals surface area contributed by atoms with Gasteiger partial charge in [-0.15, -0.1) is 0 Å². The van der Waals surface area contributed by atoms with Crippen LogP contribution in [0.4, 0.5) is 4.79 Å². The normalized spacial score (nSPS) is 21.6. The summed E-state index contributed by atoms with van der Waals surface area (Å²) in [5, 5.41) is 4.55. The smallest absolute Gasteiger partial charge is 0.327 e. The number of fused-ring (bicyclic) bond motifs is 1. The van der Waals surface area contributed by atoms with Gasteiger partial charge >= 0.3 is 12.0 Å². The number of nitrogens with zero attached hydrogens (tertiary/aromatic N) is 1. The van der Waals surface area contributed by atoms with Crippen LogP contribution in [0, 0.1) is 11.8 Å². The van der Waals surface area contributed by atoms with Crippen molar-refractivity contribution in [2.75, 3.05) is 13.1 Å². The van der Waals surface area contributed by atoms with E-state index in [9.17, 15) is 24.0 Å². The number of hydrogen-bond donors (Lipinski definition) is 2. The second-order valence-corrected chi connectivity index (χ2v) is 7.39. The Labute approximate surface area is 174 Å². The summed E-state index contributed by atoms with van der Waals surface area (Å²) >= 11 is 0. The van der Waals surface area contributed by atoms with Crippen molar-refractivity contribution in [3.63, 3.8) is 0 Å². The molecule has 1 aromatic carbocycles. The predicted octanol–water partition coefficient (Wildman–Crippen LogP) is 1.29. The van der Waals surface area contributed by atoms with Crippen LogP contribution in [-0.2, 0) is 23.9 Å². The molecule has 30 heavy (non-hydrogen) atoms. The maximum Gasteiger partial charge on any atom is 0.327 e. The van der Waals surface area contributed by atoms with Gasteiger partial charge in [0.1, 0.15) is 6.54 Å². The van der Waals surface area contributed by atoms with Gasteiger partial charge in [-0.2, -0.15) is 0 Å². The predicted molar refractivity (Wildman–Crippen MR) is 105 cm³/mol. The SMILES string of the molecule is CCNC(=O)NC(=O)C(OC(=O)CN1C(=O)C2CCCCC2C1=O)c1ccccc1. The zero-order valence-corrected chi connectivity index (χ0v) is 16.8. The molecule has 2 N–H and O–H groups in total. The fraction of sp³-hybridized carbons (Fsp3) is 0.476. The van der Waals surface area contributed by atoms with E-state index in [1.54, 1.807) is 37.3 Å². The standard InChI is InChI=1S/C21H25N3O6/c1-2-22-21(29)23-18(26)17(13-8-4-3-5-9-13)30-16(25)12-24-19(27)14-10-6-7-11-15(14)20(24)28/h3-5,8-9,14-15,17H,2,6-7,10-12H2,1H3,(H2,22,23,26,29). The molecule has 1 aromatic rings. The quantitative estimate of drug-likeness (QED) is 0.533. The Morgan fingerprint density at radius 3 is 2.23 bits per heavy atom. The topological polar surface area (TPSA) is 122 Å². The highest BCUT2D eigenvalue weighted by Gasteiger charge is 2.48. The molecular weight excluding hydrogens is 390 g/mol. The first-order valence-corrected chi connectivity index (χ1v) is 10.1. The fourth-order valence-corrected chi connectivity index (χ4v) is 3.97. The molecule has 1 aliphatic heterocycles. The Bertz CT molecular complexity index is 816. The molecule has 9 nitrogen and oxygen atoms in total. The lowest BCUT2D eigenvalue weighted by Gasteiger charge is -2.20. The molecule has 0 spiro atoms. The summed E-state index contributed by atoms with van der Waals surface area (Å²) in [5.74, 6) is -3.17. The average Bonchev–Trinajstić information content (AvgIpc) is 2.98. The number of carbonyl (C=O) groups excluding carboxylic acids is 5. The third kappa shape index (κ3) is 4.67. The third-order valence-corrected chi connectivity index (χ3v) is 5.38. The minimum atomic E-state index is -1.39. The van der Waals surface area contributed by atoms with Crippen LogP contribution in [0.2, 0.25) is 0 Å². The second kappa shape index (κ2) is 9.51. The number of carbonyl (C=O) groups is 5. The van der Waals surface area contributed by atoms with Crippen LogP contribution in [0.5, 0.6) is 0 Å². The van der Waals surface area contributed by atoms with E-state index in [4.69, 9.17) is 4.74 Å². The highest BCUT2D eigenvalue weighted by molar-refractivity contribution is 6.07. The molecule has 2 aliphatic rings. The summed E-state index contributed by atoms with van der Waals surface area (Å²) < 4.78 is 5.31. The van der Waals surface area contributed by atoms with E-state index in [0.717, 1.165) is 17.7 Å². The van der Waals surface area contributed by atoms with Gasteiger partial charge in [-0.25, -0.2) is 4.79 Å². The molecule has 3 rings (SSSR count). The van der Waals surface area contributed by atoms with E-state index in [-0.39, 0.29) is 23.7 Å².